The number of fused-ring (bicyclic) bond motifs is 1. The van der Waals surface area contributed by atoms with Crippen LogP contribution in [0.1, 0.15) is 52.6 Å². The van der Waals surface area contributed by atoms with Crippen LogP contribution in [0, 0.1) is 0 Å². The van der Waals surface area contributed by atoms with Crippen LogP contribution < -0.4 is 9.47 Å². The van der Waals surface area contributed by atoms with Crippen LogP contribution in [0.25, 0.3) is 0 Å². The first-order chi connectivity index (χ1) is 14.7. The van der Waals surface area contributed by atoms with E-state index >= 15 is 0 Å². The topological polar surface area (TPSA) is 94.5 Å². The lowest BCUT2D eigenvalue weighted by Crippen LogP contribution is -2.41. The Morgan fingerprint density at radius 1 is 1.26 bits per heavy atom. The monoisotopic (exact) mass is 446 g/mol. The minimum absolute atomic E-state index is 0.110. The number of ether oxygens (including phenoxy) is 3. The molecule has 2 aliphatic heterocycles. The van der Waals surface area contributed by atoms with Gasteiger partial charge in [0.25, 0.3) is 0 Å². The molecule has 1 aromatic carbocycles. The van der Waals surface area contributed by atoms with Crippen molar-refractivity contribution < 1.29 is 28.6 Å². The van der Waals surface area contributed by atoms with Gasteiger partial charge >= 0.3 is 11.9 Å². The lowest BCUT2D eigenvalue weighted by Gasteiger charge is -2.33. The van der Waals surface area contributed by atoms with Gasteiger partial charge in [-0.3, -0.25) is 14.5 Å². The molecule has 0 spiro atoms. The molecule has 1 saturated heterocycles. The third kappa shape index (κ3) is 4.46. The Morgan fingerprint density at radius 3 is 2.55 bits per heavy atom. The van der Waals surface area contributed by atoms with Crippen molar-refractivity contribution in [2.24, 2.45) is 4.99 Å². The van der Waals surface area contributed by atoms with E-state index < -0.39 is 18.0 Å². The first-order valence-corrected chi connectivity index (χ1v) is 10.9. The minimum atomic E-state index is -0.726. The van der Waals surface area contributed by atoms with E-state index in [1.165, 1.54) is 25.8 Å². The molecule has 166 valence electrons. The summed E-state index contributed by atoms with van der Waals surface area (Å²) in [6.07, 6.45) is 0.317. The first-order valence-electron chi connectivity index (χ1n) is 10.0. The summed E-state index contributed by atoms with van der Waals surface area (Å²) in [7, 11) is 1.46. The van der Waals surface area contributed by atoms with Crippen molar-refractivity contribution in [3.8, 4) is 11.5 Å². The maximum atomic E-state index is 13.2. The van der Waals surface area contributed by atoms with E-state index in [1.807, 2.05) is 6.92 Å². The standard InChI is InChI=1S/C22H26N2O6S/c1-7-17-20(26)24-19(14-8-9-15(30-13(5)25)16(10-14)28-6)18(21(27)29-11(2)3)12(4)23-22(24)31-17/h8-11,17,19H,7H2,1-6H3. The zero-order valence-electron chi connectivity index (χ0n) is 18.4. The van der Waals surface area contributed by atoms with Gasteiger partial charge < -0.3 is 14.2 Å². The van der Waals surface area contributed by atoms with Crippen LogP contribution in [0.4, 0.5) is 0 Å². The van der Waals surface area contributed by atoms with Gasteiger partial charge in [0.15, 0.2) is 16.7 Å². The largest absolute Gasteiger partial charge is 0.493 e. The van der Waals surface area contributed by atoms with Crippen molar-refractivity contribution in [3.05, 3.63) is 35.0 Å². The Morgan fingerprint density at radius 2 is 1.97 bits per heavy atom. The predicted molar refractivity (Wildman–Crippen MR) is 117 cm³/mol. The Kier molecular flexibility index (Phi) is 6.74. The summed E-state index contributed by atoms with van der Waals surface area (Å²) in [5.74, 6) is -0.545. The minimum Gasteiger partial charge on any atom is -0.493 e. The molecule has 0 radical (unpaired) electrons. The van der Waals surface area contributed by atoms with Gasteiger partial charge in [-0.1, -0.05) is 24.8 Å². The second-order valence-corrected chi connectivity index (χ2v) is 8.65. The number of allylic oxidation sites excluding steroid dienone is 1. The fraction of sp³-hybridized carbons (Fsp3) is 0.455. The number of nitrogens with zero attached hydrogens (tertiary/aromatic N) is 2. The molecule has 8 nitrogen and oxygen atoms in total. The Bertz CT molecular complexity index is 984. The van der Waals surface area contributed by atoms with Gasteiger partial charge in [-0.15, -0.1) is 0 Å². The number of rotatable bonds is 6. The molecule has 1 aromatic rings. The maximum Gasteiger partial charge on any atom is 0.338 e. The lowest BCUT2D eigenvalue weighted by atomic mass is 9.93. The number of thioether (sulfide) groups is 1. The fourth-order valence-electron chi connectivity index (χ4n) is 3.54. The van der Waals surface area contributed by atoms with Gasteiger partial charge in [0.2, 0.25) is 5.91 Å². The number of methoxy groups -OCH3 is 1. The smallest absolute Gasteiger partial charge is 0.338 e. The number of esters is 2. The van der Waals surface area contributed by atoms with E-state index in [0.717, 1.165) is 0 Å². The van der Waals surface area contributed by atoms with Crippen molar-refractivity contribution >= 4 is 34.8 Å². The average molecular weight is 447 g/mol. The Balaban J connectivity index is 2.14. The number of carbonyl (C=O) groups excluding carboxylic acids is 3. The number of aliphatic imine (C=N–C) groups is 1. The molecule has 2 unspecified atom stereocenters. The molecule has 0 aromatic heterocycles. The summed E-state index contributed by atoms with van der Waals surface area (Å²) in [5, 5.41) is 0.292. The van der Waals surface area contributed by atoms with E-state index in [9.17, 15) is 14.4 Å². The normalized spacial score (nSPS) is 20.5. The maximum absolute atomic E-state index is 13.2. The Labute approximate surface area is 185 Å². The van der Waals surface area contributed by atoms with Crippen molar-refractivity contribution in [1.82, 2.24) is 4.90 Å². The van der Waals surface area contributed by atoms with Gasteiger partial charge in [-0.05, 0) is 44.9 Å². The third-order valence-electron chi connectivity index (χ3n) is 4.84. The van der Waals surface area contributed by atoms with Crippen molar-refractivity contribution in [2.75, 3.05) is 7.11 Å². The number of amides is 1. The average Bonchev–Trinajstić information content (AvgIpc) is 3.01. The number of carbonyl (C=O) groups is 3. The quantitative estimate of drug-likeness (QED) is 0.487. The van der Waals surface area contributed by atoms with Crippen molar-refractivity contribution in [2.45, 2.75) is 58.4 Å². The highest BCUT2D eigenvalue weighted by molar-refractivity contribution is 8.15. The van der Waals surface area contributed by atoms with E-state index in [4.69, 9.17) is 14.2 Å². The number of benzene rings is 1. The van der Waals surface area contributed by atoms with E-state index in [-0.39, 0.29) is 23.0 Å². The molecular formula is C22H26N2O6S. The van der Waals surface area contributed by atoms with Gasteiger partial charge in [-0.25, -0.2) is 9.79 Å². The number of hydrogen-bond donors (Lipinski definition) is 0. The van der Waals surface area contributed by atoms with Crippen LogP contribution in [0.2, 0.25) is 0 Å². The summed E-state index contributed by atoms with van der Waals surface area (Å²) in [4.78, 5) is 43.7. The van der Waals surface area contributed by atoms with Gasteiger partial charge in [-0.2, -0.15) is 0 Å². The number of hydrogen-bond acceptors (Lipinski definition) is 8. The molecule has 0 aliphatic carbocycles. The fourth-order valence-corrected chi connectivity index (χ4v) is 4.67. The van der Waals surface area contributed by atoms with Crippen molar-refractivity contribution in [1.29, 1.82) is 0 Å². The predicted octanol–water partition coefficient (Wildman–Crippen LogP) is 3.61. The first kappa shape index (κ1) is 22.9. The molecule has 3 rings (SSSR count). The molecule has 1 amide bonds. The van der Waals surface area contributed by atoms with Crippen LogP contribution in [0.15, 0.2) is 34.5 Å². The second kappa shape index (κ2) is 9.13. The van der Waals surface area contributed by atoms with Crippen LogP contribution in [-0.4, -0.2) is 46.4 Å². The van der Waals surface area contributed by atoms with Crippen LogP contribution in [-0.2, 0) is 19.1 Å². The van der Waals surface area contributed by atoms with Crippen LogP contribution in [0.3, 0.4) is 0 Å². The van der Waals surface area contributed by atoms with Gasteiger partial charge in [0, 0.05) is 6.92 Å². The van der Waals surface area contributed by atoms with Gasteiger partial charge in [0.1, 0.15) is 0 Å². The lowest BCUT2D eigenvalue weighted by molar-refractivity contribution is -0.143. The molecule has 2 heterocycles. The van der Waals surface area contributed by atoms with E-state index in [1.54, 1.807) is 43.9 Å². The summed E-state index contributed by atoms with van der Waals surface area (Å²) in [6, 6.07) is 4.24. The highest BCUT2D eigenvalue weighted by Gasteiger charge is 2.47. The zero-order chi connectivity index (χ0) is 22.9. The molecule has 0 bridgehead atoms. The molecular weight excluding hydrogens is 420 g/mol. The third-order valence-corrected chi connectivity index (χ3v) is 6.16. The van der Waals surface area contributed by atoms with Gasteiger partial charge in [0.05, 0.1) is 35.8 Å². The van der Waals surface area contributed by atoms with E-state index in [0.29, 0.717) is 34.2 Å². The second-order valence-electron chi connectivity index (χ2n) is 7.48. The van der Waals surface area contributed by atoms with E-state index in [2.05, 4.69) is 4.99 Å². The Hall–Kier alpha value is -2.81. The van der Waals surface area contributed by atoms with Crippen molar-refractivity contribution in [3.63, 3.8) is 0 Å². The SMILES string of the molecule is CCC1SC2=NC(C)=C(C(=O)OC(C)C)C(c3ccc(OC(C)=O)c(OC)c3)N2C1=O. The molecule has 1 fully saturated rings. The molecule has 2 aliphatic rings. The molecule has 31 heavy (non-hydrogen) atoms. The van der Waals surface area contributed by atoms with Crippen LogP contribution in [0.5, 0.6) is 11.5 Å². The molecule has 0 N–H and O–H groups in total. The summed E-state index contributed by atoms with van der Waals surface area (Å²) in [5.41, 5.74) is 1.42. The molecule has 0 saturated carbocycles. The summed E-state index contributed by atoms with van der Waals surface area (Å²) >= 11 is 1.39. The highest BCUT2D eigenvalue weighted by atomic mass is 32.2. The number of amidine groups is 1. The highest BCUT2D eigenvalue weighted by Crippen LogP contribution is 2.45. The summed E-state index contributed by atoms with van der Waals surface area (Å²) < 4.78 is 16.1. The zero-order valence-corrected chi connectivity index (χ0v) is 19.2. The molecule has 2 atom stereocenters. The van der Waals surface area contributed by atoms with Crippen LogP contribution >= 0.6 is 11.8 Å². The molecule has 9 heteroatoms. The summed E-state index contributed by atoms with van der Waals surface area (Å²) in [6.45, 7) is 8.51.